The van der Waals surface area contributed by atoms with Gasteiger partial charge in [-0.05, 0) is 6.92 Å². The Morgan fingerprint density at radius 1 is 1.71 bits per heavy atom. The first-order valence-electron chi connectivity index (χ1n) is 2.06. The third kappa shape index (κ3) is 0.390. The van der Waals surface area contributed by atoms with E-state index in [4.69, 9.17) is 10.2 Å². The van der Waals surface area contributed by atoms with Crippen LogP contribution in [0.1, 0.15) is 6.92 Å². The van der Waals surface area contributed by atoms with E-state index in [1.165, 1.54) is 6.92 Å². The summed E-state index contributed by atoms with van der Waals surface area (Å²) < 4.78 is 0. The Balaban J connectivity index is 2.70. The number of carbonyl (C=O) groups excluding carboxylic acids is 1. The van der Waals surface area contributed by atoms with Crippen LogP contribution < -0.4 is 0 Å². The van der Waals surface area contributed by atoms with Gasteiger partial charge in [0.05, 0.1) is 5.92 Å². The van der Waals surface area contributed by atoms with E-state index in [0.717, 1.165) is 0 Å². The molecule has 0 radical (unpaired) electrons. The fourth-order valence-corrected chi connectivity index (χ4v) is 0.418. The average Bonchev–Trinajstić information content (AvgIpc) is 1.91. The maximum Gasteiger partial charge on any atom is 0.234 e. The molecule has 0 saturated heterocycles. The van der Waals surface area contributed by atoms with Gasteiger partial charge in [-0.2, -0.15) is 0 Å². The number of ketones is 1. The Hall–Kier alpha value is -0.410. The van der Waals surface area contributed by atoms with Crippen molar-refractivity contribution in [2.45, 2.75) is 12.7 Å². The summed E-state index contributed by atoms with van der Waals surface area (Å²) in [5.41, 5.74) is 0. The maximum atomic E-state index is 10.0. The minimum absolute atomic E-state index is 0.479. The molecule has 0 aromatic heterocycles. The third-order valence-electron chi connectivity index (χ3n) is 1.28. The summed E-state index contributed by atoms with van der Waals surface area (Å²) in [7, 11) is 0. The lowest BCUT2D eigenvalue weighted by Crippen LogP contribution is -2.09. The lowest BCUT2D eigenvalue weighted by atomic mass is 10.5. The normalized spacial score (nSPS) is 35.9. The van der Waals surface area contributed by atoms with Gasteiger partial charge in [0.15, 0.2) is 0 Å². The SMILES string of the molecule is CC1C(=O)C1(O)O. The van der Waals surface area contributed by atoms with E-state index in [-0.39, 0.29) is 0 Å². The smallest absolute Gasteiger partial charge is 0.234 e. The zero-order valence-corrected chi connectivity index (χ0v) is 3.88. The molecule has 40 valence electrons. The Bertz CT molecular complexity index is 116. The predicted molar refractivity (Wildman–Crippen MR) is 21.3 cm³/mol. The van der Waals surface area contributed by atoms with E-state index < -0.39 is 17.5 Å². The van der Waals surface area contributed by atoms with E-state index >= 15 is 0 Å². The zero-order chi connectivity index (χ0) is 5.65. The second-order valence-corrected chi connectivity index (χ2v) is 1.81. The number of carbonyl (C=O) groups is 1. The van der Waals surface area contributed by atoms with E-state index in [2.05, 4.69) is 0 Å². The highest BCUT2D eigenvalue weighted by molar-refractivity contribution is 6.04. The minimum Gasteiger partial charge on any atom is -0.359 e. The van der Waals surface area contributed by atoms with Crippen molar-refractivity contribution in [3.8, 4) is 0 Å². The van der Waals surface area contributed by atoms with Crippen LogP contribution in [-0.2, 0) is 4.79 Å². The summed E-state index contributed by atoms with van der Waals surface area (Å²) in [4.78, 5) is 10.0. The number of hydrogen-bond acceptors (Lipinski definition) is 3. The molecule has 0 aromatic rings. The van der Waals surface area contributed by atoms with Gasteiger partial charge in [-0.15, -0.1) is 0 Å². The Morgan fingerprint density at radius 2 is 1.86 bits per heavy atom. The van der Waals surface area contributed by atoms with Crippen LogP contribution in [-0.4, -0.2) is 21.8 Å². The molecular formula is C4H6O3. The van der Waals surface area contributed by atoms with Gasteiger partial charge < -0.3 is 10.2 Å². The Labute approximate surface area is 40.6 Å². The fourth-order valence-electron chi connectivity index (χ4n) is 0.418. The summed E-state index contributed by atoms with van der Waals surface area (Å²) in [6.07, 6.45) is 0. The number of hydrogen-bond donors (Lipinski definition) is 2. The molecule has 0 amide bonds. The van der Waals surface area contributed by atoms with Crippen molar-refractivity contribution in [1.29, 1.82) is 0 Å². The Kier molecular flexibility index (Phi) is 0.594. The molecule has 0 spiro atoms. The van der Waals surface area contributed by atoms with Crippen LogP contribution in [0.2, 0.25) is 0 Å². The van der Waals surface area contributed by atoms with Crippen LogP contribution in [0.15, 0.2) is 0 Å². The van der Waals surface area contributed by atoms with Crippen molar-refractivity contribution >= 4 is 5.78 Å². The molecule has 1 aliphatic carbocycles. The largest absolute Gasteiger partial charge is 0.359 e. The van der Waals surface area contributed by atoms with Crippen molar-refractivity contribution in [3.63, 3.8) is 0 Å². The molecular weight excluding hydrogens is 96.0 g/mol. The number of aliphatic hydroxyl groups is 2. The quantitative estimate of drug-likeness (QED) is 0.381. The summed E-state index contributed by atoms with van der Waals surface area (Å²) in [5.74, 6) is -3.01. The maximum absolute atomic E-state index is 10.0. The summed E-state index contributed by atoms with van der Waals surface area (Å²) in [5, 5.41) is 16.8. The van der Waals surface area contributed by atoms with E-state index in [1.807, 2.05) is 0 Å². The highest BCUT2D eigenvalue weighted by Crippen LogP contribution is 2.34. The van der Waals surface area contributed by atoms with Crippen LogP contribution in [0.5, 0.6) is 0 Å². The predicted octanol–water partition coefficient (Wildman–Crippen LogP) is -1.11. The monoisotopic (exact) mass is 102 g/mol. The van der Waals surface area contributed by atoms with Crippen LogP contribution >= 0.6 is 0 Å². The van der Waals surface area contributed by atoms with Crippen LogP contribution in [0.25, 0.3) is 0 Å². The lowest BCUT2D eigenvalue weighted by molar-refractivity contribution is -0.133. The molecule has 1 saturated carbocycles. The van der Waals surface area contributed by atoms with Crippen molar-refractivity contribution < 1.29 is 15.0 Å². The van der Waals surface area contributed by atoms with Crippen molar-refractivity contribution in [3.05, 3.63) is 0 Å². The van der Waals surface area contributed by atoms with Crippen LogP contribution in [0.4, 0.5) is 0 Å². The molecule has 1 unspecified atom stereocenters. The Morgan fingerprint density at radius 3 is 1.86 bits per heavy atom. The average molecular weight is 102 g/mol. The van der Waals surface area contributed by atoms with Crippen LogP contribution in [0.3, 0.4) is 0 Å². The molecule has 0 bridgehead atoms. The summed E-state index contributed by atoms with van der Waals surface area (Å²) >= 11 is 0. The summed E-state index contributed by atoms with van der Waals surface area (Å²) in [6, 6.07) is 0. The number of Topliss-reactive ketones (excluding diaryl/α,β-unsaturated/α-hetero) is 1. The van der Waals surface area contributed by atoms with Gasteiger partial charge in [0.25, 0.3) is 0 Å². The second kappa shape index (κ2) is 0.877. The molecule has 3 heteroatoms. The molecule has 0 heterocycles. The number of rotatable bonds is 0. The van der Waals surface area contributed by atoms with Gasteiger partial charge in [0, 0.05) is 0 Å². The van der Waals surface area contributed by atoms with Gasteiger partial charge in [-0.25, -0.2) is 0 Å². The van der Waals surface area contributed by atoms with Gasteiger partial charge in [-0.3, -0.25) is 4.79 Å². The van der Waals surface area contributed by atoms with Crippen LogP contribution in [0, 0.1) is 5.92 Å². The molecule has 1 rings (SSSR count). The first kappa shape index (κ1) is 4.74. The van der Waals surface area contributed by atoms with Crippen molar-refractivity contribution in [2.24, 2.45) is 5.92 Å². The minimum atomic E-state index is -1.97. The van der Waals surface area contributed by atoms with Crippen molar-refractivity contribution in [1.82, 2.24) is 0 Å². The molecule has 1 fully saturated rings. The molecule has 2 N–H and O–H groups in total. The standard InChI is InChI=1S/C4H6O3/c1-2-3(5)4(2,6)7/h2,6-7H,1H3. The lowest BCUT2D eigenvalue weighted by Gasteiger charge is -1.87. The molecule has 0 aliphatic heterocycles. The zero-order valence-electron chi connectivity index (χ0n) is 3.88. The van der Waals surface area contributed by atoms with Gasteiger partial charge in [-0.1, -0.05) is 0 Å². The second-order valence-electron chi connectivity index (χ2n) is 1.81. The van der Waals surface area contributed by atoms with Crippen molar-refractivity contribution in [2.75, 3.05) is 0 Å². The molecule has 1 atom stereocenters. The van der Waals surface area contributed by atoms with Gasteiger partial charge in [0.1, 0.15) is 0 Å². The first-order valence-corrected chi connectivity index (χ1v) is 2.06. The van der Waals surface area contributed by atoms with Gasteiger partial charge >= 0.3 is 0 Å². The molecule has 7 heavy (non-hydrogen) atoms. The molecule has 0 aromatic carbocycles. The molecule has 1 aliphatic rings. The highest BCUT2D eigenvalue weighted by Gasteiger charge is 2.60. The summed E-state index contributed by atoms with van der Waals surface area (Å²) in [6.45, 7) is 1.47. The van der Waals surface area contributed by atoms with E-state index in [0.29, 0.717) is 0 Å². The van der Waals surface area contributed by atoms with Gasteiger partial charge in [0.2, 0.25) is 11.6 Å². The third-order valence-corrected chi connectivity index (χ3v) is 1.28. The topological polar surface area (TPSA) is 57.5 Å². The molecule has 3 nitrogen and oxygen atoms in total. The highest BCUT2D eigenvalue weighted by atomic mass is 16.5. The van der Waals surface area contributed by atoms with E-state index in [1.54, 1.807) is 0 Å². The first-order chi connectivity index (χ1) is 3.07. The fraction of sp³-hybridized carbons (Fsp3) is 0.750. The van der Waals surface area contributed by atoms with E-state index in [9.17, 15) is 4.79 Å².